The Morgan fingerprint density at radius 3 is 2.90 bits per heavy atom. The molecule has 1 unspecified atom stereocenters. The van der Waals surface area contributed by atoms with Gasteiger partial charge < -0.3 is 15.6 Å². The van der Waals surface area contributed by atoms with Gasteiger partial charge in [0.15, 0.2) is 5.82 Å². The Morgan fingerprint density at radius 2 is 2.07 bits per heavy atom. The average Bonchev–Trinajstić information content (AvgIpc) is 3.10. The fourth-order valence-electron chi connectivity index (χ4n) is 3.10. The molecule has 0 aliphatic heterocycles. The van der Waals surface area contributed by atoms with Crippen molar-refractivity contribution in [3.05, 3.63) is 53.1 Å². The van der Waals surface area contributed by atoms with Crippen LogP contribution in [0, 0.1) is 0 Å². The SMILES string of the molecule is FC1(F)CC1c1cc(Nc2ccnc(NCc3ccc4[nH]cnc4c3Cl)n2)n[nH]1. The number of aromatic nitrogens is 6. The summed E-state index contributed by atoms with van der Waals surface area (Å²) in [6, 6.07) is 7.03. The molecule has 3 aromatic heterocycles. The molecular weight excluding hydrogens is 402 g/mol. The Labute approximate surface area is 168 Å². The molecule has 0 spiro atoms. The number of hydrogen-bond donors (Lipinski definition) is 4. The average molecular weight is 417 g/mol. The van der Waals surface area contributed by atoms with Gasteiger partial charge in [-0.05, 0) is 17.7 Å². The molecular formula is C18H15ClF2N8. The molecule has 5 rings (SSSR count). The monoisotopic (exact) mass is 416 g/mol. The van der Waals surface area contributed by atoms with Gasteiger partial charge in [-0.1, -0.05) is 17.7 Å². The van der Waals surface area contributed by atoms with E-state index < -0.39 is 11.8 Å². The summed E-state index contributed by atoms with van der Waals surface area (Å²) in [4.78, 5) is 15.8. The predicted molar refractivity (Wildman–Crippen MR) is 105 cm³/mol. The number of aromatic amines is 2. The molecule has 1 atom stereocenters. The minimum atomic E-state index is -2.64. The number of rotatable bonds is 6. The predicted octanol–water partition coefficient (Wildman–Crippen LogP) is 4.21. The first-order valence-electron chi connectivity index (χ1n) is 8.87. The molecule has 0 amide bonds. The minimum Gasteiger partial charge on any atom is -0.350 e. The molecule has 8 nitrogen and oxygen atoms in total. The van der Waals surface area contributed by atoms with Gasteiger partial charge in [-0.2, -0.15) is 10.1 Å². The Morgan fingerprint density at radius 1 is 1.21 bits per heavy atom. The smallest absolute Gasteiger partial charge is 0.257 e. The maximum absolute atomic E-state index is 13.2. The van der Waals surface area contributed by atoms with Crippen LogP contribution in [0.5, 0.6) is 0 Å². The number of nitrogens with one attached hydrogen (secondary N) is 4. The lowest BCUT2D eigenvalue weighted by molar-refractivity contribution is 0.111. The van der Waals surface area contributed by atoms with Crippen molar-refractivity contribution in [2.45, 2.75) is 24.8 Å². The lowest BCUT2D eigenvalue weighted by Crippen LogP contribution is -2.05. The molecule has 0 bridgehead atoms. The van der Waals surface area contributed by atoms with E-state index >= 15 is 0 Å². The lowest BCUT2D eigenvalue weighted by atomic mass is 10.2. The fourth-order valence-corrected chi connectivity index (χ4v) is 3.38. The topological polar surface area (TPSA) is 107 Å². The zero-order chi connectivity index (χ0) is 20.0. The number of alkyl halides is 2. The summed E-state index contributed by atoms with van der Waals surface area (Å²) in [6.45, 7) is 0.411. The summed E-state index contributed by atoms with van der Waals surface area (Å²) in [7, 11) is 0. The third-order valence-corrected chi connectivity index (χ3v) is 5.18. The Hall–Kier alpha value is -3.27. The van der Waals surface area contributed by atoms with Gasteiger partial charge in [0.25, 0.3) is 5.92 Å². The summed E-state index contributed by atoms with van der Waals surface area (Å²) in [5.41, 5.74) is 2.84. The van der Waals surface area contributed by atoms with E-state index in [2.05, 4.69) is 40.8 Å². The molecule has 1 aromatic carbocycles. The number of benzene rings is 1. The molecule has 0 saturated heterocycles. The fraction of sp³-hybridized carbons (Fsp3) is 0.222. The third kappa shape index (κ3) is 3.46. The highest BCUT2D eigenvalue weighted by molar-refractivity contribution is 6.35. The van der Waals surface area contributed by atoms with Crippen LogP contribution in [0.2, 0.25) is 5.02 Å². The second kappa shape index (κ2) is 6.66. The quantitative estimate of drug-likeness (QED) is 0.375. The molecule has 3 heterocycles. The van der Waals surface area contributed by atoms with Gasteiger partial charge in [0.05, 0.1) is 22.8 Å². The summed E-state index contributed by atoms with van der Waals surface area (Å²) in [5.74, 6) is -2.14. The van der Waals surface area contributed by atoms with Crippen LogP contribution in [-0.4, -0.2) is 36.1 Å². The number of imidazole rings is 1. The van der Waals surface area contributed by atoms with E-state index in [0.717, 1.165) is 11.1 Å². The van der Waals surface area contributed by atoms with Gasteiger partial charge in [0.1, 0.15) is 11.3 Å². The lowest BCUT2D eigenvalue weighted by Gasteiger charge is -2.08. The molecule has 4 aromatic rings. The molecule has 0 radical (unpaired) electrons. The van der Waals surface area contributed by atoms with Crippen molar-refractivity contribution in [1.29, 1.82) is 0 Å². The second-order valence-electron chi connectivity index (χ2n) is 6.81. The van der Waals surface area contributed by atoms with Gasteiger partial charge in [0.2, 0.25) is 5.95 Å². The van der Waals surface area contributed by atoms with Gasteiger partial charge >= 0.3 is 0 Å². The summed E-state index contributed by atoms with van der Waals surface area (Å²) < 4.78 is 26.4. The molecule has 11 heteroatoms. The van der Waals surface area contributed by atoms with E-state index in [-0.39, 0.29) is 6.42 Å². The molecule has 1 fully saturated rings. The first-order valence-corrected chi connectivity index (χ1v) is 9.25. The molecule has 1 aliphatic carbocycles. The maximum Gasteiger partial charge on any atom is 0.257 e. The van der Waals surface area contributed by atoms with Crippen molar-refractivity contribution in [2.24, 2.45) is 0 Å². The van der Waals surface area contributed by atoms with Crippen molar-refractivity contribution in [3.63, 3.8) is 0 Å². The molecule has 148 valence electrons. The van der Waals surface area contributed by atoms with Crippen molar-refractivity contribution in [3.8, 4) is 0 Å². The maximum atomic E-state index is 13.2. The van der Waals surface area contributed by atoms with Crippen LogP contribution in [0.1, 0.15) is 23.6 Å². The number of anilines is 3. The number of H-pyrrole nitrogens is 2. The summed E-state index contributed by atoms with van der Waals surface area (Å²) >= 11 is 6.40. The number of halogens is 3. The van der Waals surface area contributed by atoms with E-state index in [9.17, 15) is 8.78 Å². The highest BCUT2D eigenvalue weighted by atomic mass is 35.5. The first kappa shape index (κ1) is 17.8. The van der Waals surface area contributed by atoms with E-state index in [1.165, 1.54) is 0 Å². The van der Waals surface area contributed by atoms with Crippen LogP contribution >= 0.6 is 11.6 Å². The summed E-state index contributed by atoms with van der Waals surface area (Å²) in [5, 5.41) is 13.3. The molecule has 4 N–H and O–H groups in total. The van der Waals surface area contributed by atoms with Gasteiger partial charge in [-0.3, -0.25) is 5.10 Å². The zero-order valence-corrected chi connectivity index (χ0v) is 15.6. The van der Waals surface area contributed by atoms with Crippen molar-refractivity contribution >= 4 is 40.2 Å². The summed E-state index contributed by atoms with van der Waals surface area (Å²) in [6.07, 6.45) is 3.03. The molecule has 1 saturated carbocycles. The largest absolute Gasteiger partial charge is 0.350 e. The molecule has 1 aliphatic rings. The third-order valence-electron chi connectivity index (χ3n) is 4.76. The second-order valence-corrected chi connectivity index (χ2v) is 7.19. The Balaban J connectivity index is 1.27. The van der Waals surface area contributed by atoms with Crippen molar-refractivity contribution in [1.82, 2.24) is 30.1 Å². The highest BCUT2D eigenvalue weighted by Gasteiger charge is 2.58. The first-order chi connectivity index (χ1) is 14.0. The molecule has 29 heavy (non-hydrogen) atoms. The number of hydrogen-bond acceptors (Lipinski definition) is 6. The van der Waals surface area contributed by atoms with Crippen LogP contribution in [0.4, 0.5) is 26.4 Å². The van der Waals surface area contributed by atoms with E-state index in [4.69, 9.17) is 11.6 Å². The Kier molecular flexibility index (Phi) is 4.09. The van der Waals surface area contributed by atoms with Gasteiger partial charge in [-0.25, -0.2) is 18.7 Å². The van der Waals surface area contributed by atoms with E-state index in [1.54, 1.807) is 24.7 Å². The van der Waals surface area contributed by atoms with E-state index in [0.29, 0.717) is 40.4 Å². The van der Waals surface area contributed by atoms with Crippen LogP contribution in [-0.2, 0) is 6.54 Å². The van der Waals surface area contributed by atoms with Gasteiger partial charge in [-0.15, -0.1) is 0 Å². The van der Waals surface area contributed by atoms with Crippen molar-refractivity contribution < 1.29 is 8.78 Å². The van der Waals surface area contributed by atoms with Crippen LogP contribution in [0.3, 0.4) is 0 Å². The van der Waals surface area contributed by atoms with Crippen LogP contribution < -0.4 is 10.6 Å². The highest BCUT2D eigenvalue weighted by Crippen LogP contribution is 2.55. The zero-order valence-electron chi connectivity index (χ0n) is 14.9. The number of fused-ring (bicyclic) bond motifs is 1. The van der Waals surface area contributed by atoms with Crippen LogP contribution in [0.25, 0.3) is 11.0 Å². The number of nitrogens with zero attached hydrogens (tertiary/aromatic N) is 4. The van der Waals surface area contributed by atoms with E-state index in [1.807, 2.05) is 12.1 Å². The van der Waals surface area contributed by atoms with Crippen molar-refractivity contribution in [2.75, 3.05) is 10.6 Å². The van der Waals surface area contributed by atoms with Crippen LogP contribution in [0.15, 0.2) is 36.8 Å². The van der Waals surface area contributed by atoms with Gasteiger partial charge in [0, 0.05) is 30.9 Å². The standard InChI is InChI=1S/C18H15ClF2N8/c19-15-9(1-2-11-16(15)25-8-24-11)7-23-17-22-4-3-13(27-17)26-14-5-12(28-29-14)10-6-18(10,20)21/h1-5,8,10H,6-7H2,(H,24,25)(H3,22,23,26,27,28,29). The minimum absolute atomic E-state index is 0.150. The Bertz CT molecular complexity index is 1190. The normalized spacial score (nSPS) is 17.4.